The van der Waals surface area contributed by atoms with Gasteiger partial charge in [-0.25, -0.2) is 0 Å². The van der Waals surface area contributed by atoms with Crippen LogP contribution in [0.2, 0.25) is 0 Å². The van der Waals surface area contributed by atoms with Crippen molar-refractivity contribution in [3.05, 3.63) is 71.3 Å². The molecule has 2 unspecified atom stereocenters. The summed E-state index contributed by atoms with van der Waals surface area (Å²) in [4.78, 5) is 0. The van der Waals surface area contributed by atoms with Gasteiger partial charge in [-0.3, -0.25) is 0 Å². The molecule has 24 heavy (non-hydrogen) atoms. The first kappa shape index (κ1) is 16.6. The van der Waals surface area contributed by atoms with Crippen LogP contribution >= 0.6 is 0 Å². The lowest BCUT2D eigenvalue weighted by molar-refractivity contribution is -0.729. The second-order valence-electron chi connectivity index (χ2n) is 6.82. The highest BCUT2D eigenvalue weighted by atomic mass is 16.3. The van der Waals surface area contributed by atoms with Crippen LogP contribution in [-0.2, 0) is 6.42 Å². The molecule has 2 aromatic rings. The minimum Gasteiger partial charge on any atom is -0.507 e. The van der Waals surface area contributed by atoms with E-state index in [-0.39, 0.29) is 12.2 Å². The molecule has 0 aliphatic carbocycles. The summed E-state index contributed by atoms with van der Waals surface area (Å²) in [5.74, 6) is 0.844. The second kappa shape index (κ2) is 7.10. The first-order valence-electron chi connectivity index (χ1n) is 8.79. The Morgan fingerprint density at radius 2 is 1.79 bits per heavy atom. The van der Waals surface area contributed by atoms with Gasteiger partial charge in [0.25, 0.3) is 0 Å². The van der Waals surface area contributed by atoms with Gasteiger partial charge in [0.1, 0.15) is 11.8 Å². The van der Waals surface area contributed by atoms with Gasteiger partial charge in [-0.2, -0.15) is 0 Å². The Kier molecular flexibility index (Phi) is 4.91. The molecule has 1 heterocycles. The van der Waals surface area contributed by atoms with E-state index in [4.69, 9.17) is 0 Å². The molecule has 1 aliphatic rings. The van der Waals surface area contributed by atoms with Gasteiger partial charge in [-0.15, -0.1) is 0 Å². The van der Waals surface area contributed by atoms with Crippen molar-refractivity contribution in [3.63, 3.8) is 0 Å². The smallest absolute Gasteiger partial charge is 0.162 e. The second-order valence-corrected chi connectivity index (χ2v) is 6.82. The van der Waals surface area contributed by atoms with Gasteiger partial charge in [0.2, 0.25) is 0 Å². The van der Waals surface area contributed by atoms with E-state index in [1.807, 2.05) is 18.2 Å². The standard InChI is InChI=1S/C21H26N2O/c1-4-15-9-11-16(12-10-15)18-13-19(23-21(22-18)14(2)3)17-7-5-6-8-20(17)24/h5-14,19,21-24H,4H2,1-3H3/p+1. The topological polar surface area (TPSA) is 48.9 Å². The highest BCUT2D eigenvalue weighted by Gasteiger charge is 2.29. The molecule has 2 aromatic carbocycles. The number of hydrogen-bond donors (Lipinski definition) is 3. The number of quaternary nitrogens is 1. The molecule has 0 aromatic heterocycles. The van der Waals surface area contributed by atoms with Crippen LogP contribution in [0.1, 0.15) is 43.5 Å². The van der Waals surface area contributed by atoms with Gasteiger partial charge < -0.3 is 15.7 Å². The van der Waals surface area contributed by atoms with Gasteiger partial charge in [-0.1, -0.05) is 57.2 Å². The maximum Gasteiger partial charge on any atom is 0.162 e. The number of benzene rings is 2. The molecule has 0 fully saturated rings. The van der Waals surface area contributed by atoms with Gasteiger partial charge in [0.15, 0.2) is 6.17 Å². The van der Waals surface area contributed by atoms with Crippen LogP contribution in [0.25, 0.3) is 5.70 Å². The van der Waals surface area contributed by atoms with E-state index in [1.165, 1.54) is 11.1 Å². The summed E-state index contributed by atoms with van der Waals surface area (Å²) in [7, 11) is 0. The van der Waals surface area contributed by atoms with E-state index in [1.54, 1.807) is 6.07 Å². The van der Waals surface area contributed by atoms with Crippen molar-refractivity contribution < 1.29 is 10.4 Å². The molecule has 3 rings (SSSR count). The van der Waals surface area contributed by atoms with Gasteiger partial charge in [0.05, 0.1) is 5.56 Å². The van der Waals surface area contributed by atoms with Crippen LogP contribution in [-0.4, -0.2) is 11.3 Å². The highest BCUT2D eigenvalue weighted by Crippen LogP contribution is 2.27. The molecule has 0 saturated heterocycles. The lowest BCUT2D eigenvalue weighted by Gasteiger charge is -2.32. The average molecular weight is 323 g/mol. The van der Waals surface area contributed by atoms with Gasteiger partial charge in [-0.05, 0) is 29.7 Å². The zero-order valence-corrected chi connectivity index (χ0v) is 14.7. The maximum atomic E-state index is 10.2. The van der Waals surface area contributed by atoms with E-state index in [0.29, 0.717) is 11.7 Å². The first-order valence-corrected chi connectivity index (χ1v) is 8.79. The number of rotatable bonds is 4. The quantitative estimate of drug-likeness (QED) is 0.809. The third kappa shape index (κ3) is 3.46. The molecule has 2 atom stereocenters. The minimum atomic E-state index is 0.112. The maximum absolute atomic E-state index is 10.2. The minimum absolute atomic E-state index is 0.112. The number of aryl methyl sites for hydroxylation is 1. The number of hydrogen-bond acceptors (Lipinski definition) is 2. The van der Waals surface area contributed by atoms with Gasteiger partial charge >= 0.3 is 0 Å². The molecule has 3 nitrogen and oxygen atoms in total. The summed E-state index contributed by atoms with van der Waals surface area (Å²) >= 11 is 0. The van der Waals surface area contributed by atoms with E-state index in [0.717, 1.165) is 17.7 Å². The Morgan fingerprint density at radius 3 is 2.42 bits per heavy atom. The third-order valence-electron chi connectivity index (χ3n) is 4.77. The molecular weight excluding hydrogens is 296 g/mol. The number of nitrogens with two attached hydrogens (primary N) is 1. The number of phenolic OH excluding ortho intramolecular Hbond substituents is 1. The van der Waals surface area contributed by atoms with Crippen molar-refractivity contribution in [2.45, 2.75) is 39.4 Å². The molecule has 0 radical (unpaired) electrons. The Morgan fingerprint density at radius 1 is 1.08 bits per heavy atom. The Bertz CT molecular complexity index is 719. The molecule has 126 valence electrons. The summed E-state index contributed by atoms with van der Waals surface area (Å²) in [6.07, 6.45) is 3.55. The fourth-order valence-electron chi connectivity index (χ4n) is 3.19. The number of phenols is 1. The fourth-order valence-corrected chi connectivity index (χ4v) is 3.19. The summed E-state index contributed by atoms with van der Waals surface area (Å²) in [5.41, 5.74) is 4.66. The monoisotopic (exact) mass is 323 g/mol. The first-order chi connectivity index (χ1) is 11.6. The van der Waals surface area contributed by atoms with E-state index in [9.17, 15) is 5.11 Å². The molecule has 0 bridgehead atoms. The predicted octanol–water partition coefficient (Wildman–Crippen LogP) is 3.19. The van der Waals surface area contributed by atoms with Crippen LogP contribution in [0.5, 0.6) is 5.75 Å². The van der Waals surface area contributed by atoms with Crippen LogP contribution in [0.15, 0.2) is 54.6 Å². The molecule has 0 spiro atoms. The molecule has 0 amide bonds. The summed E-state index contributed by atoms with van der Waals surface area (Å²) in [6.45, 7) is 6.61. The summed E-state index contributed by atoms with van der Waals surface area (Å²) < 4.78 is 0. The van der Waals surface area contributed by atoms with Crippen LogP contribution in [0, 0.1) is 5.92 Å². The Labute approximate surface area is 144 Å². The normalized spacial score (nSPS) is 20.6. The Hall–Kier alpha value is -2.26. The van der Waals surface area contributed by atoms with Crippen LogP contribution < -0.4 is 10.6 Å². The fraction of sp³-hybridized carbons (Fsp3) is 0.333. The largest absolute Gasteiger partial charge is 0.507 e. The zero-order chi connectivity index (χ0) is 17.1. The van der Waals surface area contributed by atoms with Gasteiger partial charge in [0, 0.05) is 17.7 Å². The van der Waals surface area contributed by atoms with E-state index in [2.05, 4.69) is 61.7 Å². The lowest BCUT2D eigenvalue weighted by atomic mass is 9.96. The highest BCUT2D eigenvalue weighted by molar-refractivity contribution is 5.66. The summed E-state index contributed by atoms with van der Waals surface area (Å²) in [5, 5.41) is 16.2. The number of aromatic hydroxyl groups is 1. The molecule has 1 aliphatic heterocycles. The predicted molar refractivity (Wildman–Crippen MR) is 98.3 cm³/mol. The van der Waals surface area contributed by atoms with Crippen molar-refractivity contribution in [1.29, 1.82) is 0 Å². The van der Waals surface area contributed by atoms with Crippen molar-refractivity contribution >= 4 is 5.70 Å². The molecular formula is C21H27N2O+. The van der Waals surface area contributed by atoms with Crippen LogP contribution in [0.3, 0.4) is 0 Å². The van der Waals surface area contributed by atoms with E-state index >= 15 is 0 Å². The summed E-state index contributed by atoms with van der Waals surface area (Å²) in [6, 6.07) is 16.5. The number of nitrogens with one attached hydrogen (secondary N) is 1. The van der Waals surface area contributed by atoms with Crippen LogP contribution in [0.4, 0.5) is 0 Å². The number of para-hydroxylation sites is 1. The zero-order valence-electron chi connectivity index (χ0n) is 14.7. The third-order valence-corrected chi connectivity index (χ3v) is 4.77. The lowest BCUT2D eigenvalue weighted by Crippen LogP contribution is -2.96. The van der Waals surface area contributed by atoms with Crippen molar-refractivity contribution in [2.75, 3.05) is 0 Å². The van der Waals surface area contributed by atoms with Crippen molar-refractivity contribution in [1.82, 2.24) is 5.32 Å². The average Bonchev–Trinajstić information content (AvgIpc) is 2.61. The van der Waals surface area contributed by atoms with Crippen molar-refractivity contribution in [3.8, 4) is 5.75 Å². The molecule has 3 heteroatoms. The van der Waals surface area contributed by atoms with Crippen molar-refractivity contribution in [2.24, 2.45) is 5.92 Å². The Balaban J connectivity index is 1.97. The molecule has 0 saturated carbocycles. The SMILES string of the molecule is CCc1ccc(C2=CC(c3ccccc3O)[NH2+]C(C(C)C)N2)cc1. The van der Waals surface area contributed by atoms with E-state index < -0.39 is 0 Å². The molecule has 4 N–H and O–H groups in total.